The number of nitrogens with zero attached hydrogens (tertiary/aromatic N) is 6. The van der Waals surface area contributed by atoms with Crippen molar-refractivity contribution in [2.45, 2.75) is 0 Å². The van der Waals surface area contributed by atoms with Crippen molar-refractivity contribution in [3.05, 3.63) is 12.7 Å². The SMILES string of the molecule is NC(CN1CCN(c2ncnc3nc[nH]c23)CC1)=NO. The number of aromatic nitrogens is 4. The van der Waals surface area contributed by atoms with Crippen molar-refractivity contribution in [1.29, 1.82) is 0 Å². The highest BCUT2D eigenvalue weighted by Gasteiger charge is 2.21. The Morgan fingerprint density at radius 3 is 2.85 bits per heavy atom. The van der Waals surface area contributed by atoms with Crippen molar-refractivity contribution < 1.29 is 5.21 Å². The van der Waals surface area contributed by atoms with Gasteiger partial charge >= 0.3 is 0 Å². The Morgan fingerprint density at radius 1 is 1.30 bits per heavy atom. The van der Waals surface area contributed by atoms with Crippen LogP contribution < -0.4 is 10.6 Å². The van der Waals surface area contributed by atoms with Crippen LogP contribution in [-0.2, 0) is 0 Å². The second kappa shape index (κ2) is 5.29. The molecule has 0 saturated carbocycles. The number of rotatable bonds is 3. The lowest BCUT2D eigenvalue weighted by molar-refractivity contribution is 0.278. The van der Waals surface area contributed by atoms with E-state index in [0.29, 0.717) is 12.2 Å². The zero-order valence-electron chi connectivity index (χ0n) is 10.9. The van der Waals surface area contributed by atoms with Gasteiger partial charge in [-0.25, -0.2) is 15.0 Å². The maximum Gasteiger partial charge on any atom is 0.182 e. The van der Waals surface area contributed by atoms with Crippen molar-refractivity contribution in [2.24, 2.45) is 10.9 Å². The normalized spacial score (nSPS) is 17.8. The molecule has 0 spiro atoms. The number of anilines is 1. The maximum absolute atomic E-state index is 8.59. The number of hydrogen-bond donors (Lipinski definition) is 3. The first-order valence-electron chi connectivity index (χ1n) is 6.35. The third-order valence-corrected chi connectivity index (χ3v) is 3.39. The average molecular weight is 276 g/mol. The van der Waals surface area contributed by atoms with E-state index in [1.54, 1.807) is 6.33 Å². The zero-order chi connectivity index (χ0) is 13.9. The van der Waals surface area contributed by atoms with E-state index < -0.39 is 0 Å². The van der Waals surface area contributed by atoms with E-state index in [0.717, 1.165) is 37.5 Å². The topological polar surface area (TPSA) is 120 Å². The fourth-order valence-electron chi connectivity index (χ4n) is 2.37. The van der Waals surface area contributed by atoms with E-state index in [1.165, 1.54) is 6.33 Å². The average Bonchev–Trinajstić information content (AvgIpc) is 2.96. The Kier molecular flexibility index (Phi) is 3.33. The van der Waals surface area contributed by atoms with Gasteiger partial charge in [0.25, 0.3) is 0 Å². The third kappa shape index (κ3) is 2.35. The molecule has 2 aromatic rings. The summed E-state index contributed by atoms with van der Waals surface area (Å²) in [6, 6.07) is 0. The molecule has 9 heteroatoms. The summed E-state index contributed by atoms with van der Waals surface area (Å²) in [6.45, 7) is 3.78. The monoisotopic (exact) mass is 276 g/mol. The number of imidazole rings is 1. The van der Waals surface area contributed by atoms with Gasteiger partial charge in [0.05, 0.1) is 12.9 Å². The molecular formula is C11H16N8O. The fourth-order valence-corrected chi connectivity index (χ4v) is 2.37. The fraction of sp³-hybridized carbons (Fsp3) is 0.455. The highest BCUT2D eigenvalue weighted by atomic mass is 16.4. The summed E-state index contributed by atoms with van der Waals surface area (Å²) in [5.41, 5.74) is 7.05. The molecule has 4 N–H and O–H groups in total. The summed E-state index contributed by atoms with van der Waals surface area (Å²) in [7, 11) is 0. The van der Waals surface area contributed by atoms with Gasteiger partial charge in [0.1, 0.15) is 11.8 Å². The highest BCUT2D eigenvalue weighted by molar-refractivity contribution is 5.83. The van der Waals surface area contributed by atoms with Crippen LogP contribution in [-0.4, -0.2) is 68.6 Å². The van der Waals surface area contributed by atoms with Gasteiger partial charge in [0.15, 0.2) is 17.3 Å². The molecular weight excluding hydrogens is 260 g/mol. The van der Waals surface area contributed by atoms with Crippen LogP contribution in [0.3, 0.4) is 0 Å². The molecule has 20 heavy (non-hydrogen) atoms. The van der Waals surface area contributed by atoms with Crippen LogP contribution in [0.15, 0.2) is 17.8 Å². The molecule has 3 heterocycles. The molecule has 1 aliphatic rings. The van der Waals surface area contributed by atoms with Crippen LogP contribution in [0.1, 0.15) is 0 Å². The molecule has 3 rings (SSSR count). The minimum absolute atomic E-state index is 0.233. The van der Waals surface area contributed by atoms with E-state index in [2.05, 4.69) is 34.9 Å². The minimum Gasteiger partial charge on any atom is -0.409 e. The van der Waals surface area contributed by atoms with E-state index in [4.69, 9.17) is 10.9 Å². The number of amidine groups is 1. The van der Waals surface area contributed by atoms with Crippen LogP contribution in [0.5, 0.6) is 0 Å². The predicted molar refractivity (Wildman–Crippen MR) is 73.7 cm³/mol. The van der Waals surface area contributed by atoms with Gasteiger partial charge in [-0.15, -0.1) is 0 Å². The Hall–Kier alpha value is -2.42. The number of fused-ring (bicyclic) bond motifs is 1. The second-order valence-electron chi connectivity index (χ2n) is 4.65. The summed E-state index contributed by atoms with van der Waals surface area (Å²) in [4.78, 5) is 20.0. The lowest BCUT2D eigenvalue weighted by Crippen LogP contribution is -2.49. The first-order chi connectivity index (χ1) is 9.78. The summed E-state index contributed by atoms with van der Waals surface area (Å²) in [5.74, 6) is 1.10. The smallest absolute Gasteiger partial charge is 0.182 e. The van der Waals surface area contributed by atoms with Gasteiger partial charge < -0.3 is 20.8 Å². The second-order valence-corrected chi connectivity index (χ2v) is 4.65. The number of aromatic amines is 1. The van der Waals surface area contributed by atoms with Gasteiger partial charge in [-0.05, 0) is 0 Å². The molecule has 106 valence electrons. The summed E-state index contributed by atoms with van der Waals surface area (Å²) < 4.78 is 0. The van der Waals surface area contributed by atoms with Crippen LogP contribution in [0.4, 0.5) is 5.82 Å². The number of hydrogen-bond acceptors (Lipinski definition) is 7. The molecule has 2 aromatic heterocycles. The Labute approximate surface area is 115 Å². The lowest BCUT2D eigenvalue weighted by atomic mass is 10.3. The highest BCUT2D eigenvalue weighted by Crippen LogP contribution is 2.20. The Balaban J connectivity index is 1.70. The molecule has 0 radical (unpaired) electrons. The van der Waals surface area contributed by atoms with Crippen LogP contribution >= 0.6 is 0 Å². The van der Waals surface area contributed by atoms with Crippen molar-refractivity contribution in [1.82, 2.24) is 24.8 Å². The van der Waals surface area contributed by atoms with Crippen LogP contribution in [0.2, 0.25) is 0 Å². The molecule has 0 amide bonds. The van der Waals surface area contributed by atoms with E-state index >= 15 is 0 Å². The number of piperazine rings is 1. The summed E-state index contributed by atoms with van der Waals surface area (Å²) in [6.07, 6.45) is 3.15. The molecule has 0 bridgehead atoms. The Bertz CT molecular complexity index is 616. The molecule has 0 aromatic carbocycles. The molecule has 0 atom stereocenters. The standard InChI is InChI=1S/C11H16N8O/c12-8(17-20)5-18-1-3-19(4-2-18)11-9-10(14-6-13-9)15-7-16-11/h6-7,20H,1-5H2,(H2,12,17)(H,13,14,15,16). The van der Waals surface area contributed by atoms with Gasteiger partial charge in [0.2, 0.25) is 0 Å². The number of H-pyrrole nitrogens is 1. The summed E-state index contributed by atoms with van der Waals surface area (Å²) in [5, 5.41) is 11.6. The molecule has 1 saturated heterocycles. The van der Waals surface area contributed by atoms with Crippen molar-refractivity contribution in [2.75, 3.05) is 37.6 Å². The number of nitrogens with two attached hydrogens (primary N) is 1. The van der Waals surface area contributed by atoms with E-state index in [-0.39, 0.29) is 5.84 Å². The molecule has 0 aliphatic carbocycles. The Morgan fingerprint density at radius 2 is 2.10 bits per heavy atom. The van der Waals surface area contributed by atoms with Gasteiger partial charge in [0, 0.05) is 26.2 Å². The lowest BCUT2D eigenvalue weighted by Gasteiger charge is -2.34. The first-order valence-corrected chi connectivity index (χ1v) is 6.35. The van der Waals surface area contributed by atoms with Crippen molar-refractivity contribution in [3.63, 3.8) is 0 Å². The van der Waals surface area contributed by atoms with Gasteiger partial charge in [-0.1, -0.05) is 5.16 Å². The van der Waals surface area contributed by atoms with Crippen molar-refractivity contribution >= 4 is 22.8 Å². The largest absolute Gasteiger partial charge is 0.409 e. The van der Waals surface area contributed by atoms with E-state index in [1.807, 2.05) is 0 Å². The first kappa shape index (κ1) is 12.6. The number of oxime groups is 1. The molecule has 0 unspecified atom stereocenters. The van der Waals surface area contributed by atoms with Crippen LogP contribution in [0, 0.1) is 0 Å². The van der Waals surface area contributed by atoms with Gasteiger partial charge in [-0.2, -0.15) is 0 Å². The third-order valence-electron chi connectivity index (χ3n) is 3.39. The molecule has 1 fully saturated rings. The van der Waals surface area contributed by atoms with Gasteiger partial charge in [-0.3, -0.25) is 4.90 Å². The minimum atomic E-state index is 0.233. The maximum atomic E-state index is 8.59. The van der Waals surface area contributed by atoms with Crippen LogP contribution in [0.25, 0.3) is 11.2 Å². The number of nitrogens with one attached hydrogen (secondary N) is 1. The zero-order valence-corrected chi connectivity index (χ0v) is 10.9. The molecule has 1 aliphatic heterocycles. The summed E-state index contributed by atoms with van der Waals surface area (Å²) >= 11 is 0. The van der Waals surface area contributed by atoms with E-state index in [9.17, 15) is 0 Å². The molecule has 9 nitrogen and oxygen atoms in total. The predicted octanol–water partition coefficient (Wildman–Crippen LogP) is -0.779. The van der Waals surface area contributed by atoms with Crippen molar-refractivity contribution in [3.8, 4) is 0 Å². The quantitative estimate of drug-likeness (QED) is 0.291.